The zero-order valence-corrected chi connectivity index (χ0v) is 20.0. The summed E-state index contributed by atoms with van der Waals surface area (Å²) in [6.07, 6.45) is 9.73. The minimum absolute atomic E-state index is 0.0255. The standard InChI is InChI=1S/C24H23ClN6O2S/c25-17-11-31-15(3-6-28-31)10-18(17)29-21-20-16-2-1-14(9-19(16)34-22(20)27-13-26-21)23(32)30-7-8-33-24(12-30)4-5-24/h3,6,10-11,13-14H,1-2,4-5,7-9,12H2,(H,26,27,29). The van der Waals surface area contributed by atoms with E-state index < -0.39 is 0 Å². The molecule has 1 spiro atoms. The smallest absolute Gasteiger partial charge is 0.226 e. The van der Waals surface area contributed by atoms with Gasteiger partial charge >= 0.3 is 0 Å². The number of morpholine rings is 1. The van der Waals surface area contributed by atoms with Gasteiger partial charge in [0, 0.05) is 36.3 Å². The highest BCUT2D eigenvalue weighted by Gasteiger charge is 2.49. The van der Waals surface area contributed by atoms with Crippen LogP contribution in [0.2, 0.25) is 5.02 Å². The Labute approximate surface area is 204 Å². The third-order valence-corrected chi connectivity index (χ3v) is 8.77. The highest BCUT2D eigenvalue weighted by molar-refractivity contribution is 7.19. The number of rotatable bonds is 3. The number of nitrogens with zero attached hydrogens (tertiary/aromatic N) is 5. The number of ether oxygens (including phenoxy) is 1. The molecular formula is C24H23ClN6O2S. The van der Waals surface area contributed by atoms with Gasteiger partial charge in [-0.15, -0.1) is 11.3 Å². The molecular weight excluding hydrogens is 472 g/mol. The van der Waals surface area contributed by atoms with Crippen LogP contribution in [-0.2, 0) is 22.4 Å². The predicted molar refractivity (Wildman–Crippen MR) is 131 cm³/mol. The number of nitrogens with one attached hydrogen (secondary N) is 1. The maximum atomic E-state index is 13.3. The zero-order chi connectivity index (χ0) is 22.9. The summed E-state index contributed by atoms with van der Waals surface area (Å²) < 4.78 is 7.64. The Bertz CT molecular complexity index is 1440. The third-order valence-electron chi connectivity index (χ3n) is 7.30. The summed E-state index contributed by atoms with van der Waals surface area (Å²) in [5.41, 5.74) is 2.94. The summed E-state index contributed by atoms with van der Waals surface area (Å²) in [4.78, 5) is 26.7. The van der Waals surface area contributed by atoms with E-state index >= 15 is 0 Å². The number of pyridine rings is 1. The Morgan fingerprint density at radius 1 is 1.32 bits per heavy atom. The number of anilines is 2. The van der Waals surface area contributed by atoms with Crippen LogP contribution in [-0.4, -0.2) is 55.7 Å². The van der Waals surface area contributed by atoms with Crippen LogP contribution >= 0.6 is 22.9 Å². The number of carbonyl (C=O) groups is 1. The zero-order valence-electron chi connectivity index (χ0n) is 18.5. The van der Waals surface area contributed by atoms with Gasteiger partial charge in [0.25, 0.3) is 0 Å². The lowest BCUT2D eigenvalue weighted by atomic mass is 9.86. The minimum Gasteiger partial charge on any atom is -0.371 e. The number of thiophene rings is 1. The van der Waals surface area contributed by atoms with Crippen LogP contribution < -0.4 is 5.32 Å². The number of halogens is 1. The fourth-order valence-electron chi connectivity index (χ4n) is 5.31. The monoisotopic (exact) mass is 494 g/mol. The van der Waals surface area contributed by atoms with Crippen molar-refractivity contribution in [2.24, 2.45) is 5.92 Å². The fraction of sp³-hybridized carbons (Fsp3) is 0.417. The van der Waals surface area contributed by atoms with E-state index in [9.17, 15) is 4.79 Å². The number of hydrogen-bond donors (Lipinski definition) is 1. The molecule has 8 nitrogen and oxygen atoms in total. The normalized spacial score (nSPS) is 21.2. The average molecular weight is 495 g/mol. The van der Waals surface area contributed by atoms with Crippen molar-refractivity contribution in [2.45, 2.75) is 37.7 Å². The van der Waals surface area contributed by atoms with Gasteiger partial charge in [0.05, 0.1) is 33.8 Å². The van der Waals surface area contributed by atoms with Gasteiger partial charge in [0.1, 0.15) is 17.0 Å². The van der Waals surface area contributed by atoms with Gasteiger partial charge < -0.3 is 15.0 Å². The van der Waals surface area contributed by atoms with Crippen LogP contribution in [0.15, 0.2) is 30.9 Å². The first-order valence-electron chi connectivity index (χ1n) is 11.7. The second kappa shape index (κ2) is 7.63. The molecule has 2 aliphatic carbocycles. The largest absolute Gasteiger partial charge is 0.371 e. The lowest BCUT2D eigenvalue weighted by Gasteiger charge is -2.36. The molecule has 0 radical (unpaired) electrons. The van der Waals surface area contributed by atoms with Crippen molar-refractivity contribution in [3.8, 4) is 0 Å². The summed E-state index contributed by atoms with van der Waals surface area (Å²) in [6.45, 7) is 2.12. The van der Waals surface area contributed by atoms with Crippen LogP contribution in [0.5, 0.6) is 0 Å². The van der Waals surface area contributed by atoms with E-state index in [0.29, 0.717) is 18.2 Å². The van der Waals surface area contributed by atoms with E-state index in [1.54, 1.807) is 34.6 Å². The van der Waals surface area contributed by atoms with E-state index in [0.717, 1.165) is 65.9 Å². The van der Waals surface area contributed by atoms with Crippen molar-refractivity contribution >= 4 is 56.1 Å². The maximum absolute atomic E-state index is 13.3. The van der Waals surface area contributed by atoms with Crippen molar-refractivity contribution in [3.05, 3.63) is 46.3 Å². The molecule has 1 N–H and O–H groups in total. The molecule has 3 aliphatic rings. The number of amides is 1. The van der Waals surface area contributed by atoms with E-state index in [1.165, 1.54) is 10.4 Å². The van der Waals surface area contributed by atoms with Gasteiger partial charge in [0.15, 0.2) is 0 Å². The molecule has 1 amide bonds. The molecule has 1 atom stereocenters. The first-order chi connectivity index (χ1) is 16.6. The Kier molecular flexibility index (Phi) is 4.62. The Morgan fingerprint density at radius 2 is 2.24 bits per heavy atom. The molecule has 1 saturated carbocycles. The van der Waals surface area contributed by atoms with Crippen LogP contribution in [0.3, 0.4) is 0 Å². The first-order valence-corrected chi connectivity index (χ1v) is 12.9. The molecule has 10 heteroatoms. The summed E-state index contributed by atoms with van der Waals surface area (Å²) in [6, 6.07) is 3.89. The molecule has 1 unspecified atom stereocenters. The number of carbonyl (C=O) groups excluding carboxylic acids is 1. The van der Waals surface area contributed by atoms with Crippen molar-refractivity contribution < 1.29 is 9.53 Å². The Hall–Kier alpha value is -2.75. The predicted octanol–water partition coefficient (Wildman–Crippen LogP) is 4.23. The molecule has 0 bridgehead atoms. The molecule has 5 heterocycles. The maximum Gasteiger partial charge on any atom is 0.226 e. The summed E-state index contributed by atoms with van der Waals surface area (Å²) in [5.74, 6) is 1.06. The Balaban J connectivity index is 1.18. The number of fused-ring (bicyclic) bond motifs is 4. The van der Waals surface area contributed by atoms with Gasteiger partial charge in [-0.2, -0.15) is 5.10 Å². The van der Waals surface area contributed by atoms with Crippen LogP contribution in [0.4, 0.5) is 11.5 Å². The minimum atomic E-state index is -0.0390. The lowest BCUT2D eigenvalue weighted by Crippen LogP contribution is -2.49. The van der Waals surface area contributed by atoms with Gasteiger partial charge in [-0.1, -0.05) is 11.6 Å². The molecule has 174 valence electrons. The number of hydrogen-bond acceptors (Lipinski definition) is 7. The second-order valence-electron chi connectivity index (χ2n) is 9.50. The molecule has 4 aromatic heterocycles. The van der Waals surface area contributed by atoms with E-state index in [1.807, 2.05) is 17.0 Å². The van der Waals surface area contributed by atoms with Gasteiger partial charge in [-0.05, 0) is 49.8 Å². The molecule has 1 saturated heterocycles. The highest BCUT2D eigenvalue weighted by Crippen LogP contribution is 2.44. The quantitative estimate of drug-likeness (QED) is 0.458. The van der Waals surface area contributed by atoms with Crippen molar-refractivity contribution in [1.29, 1.82) is 0 Å². The van der Waals surface area contributed by atoms with Crippen LogP contribution in [0.1, 0.15) is 29.7 Å². The summed E-state index contributed by atoms with van der Waals surface area (Å²) >= 11 is 8.19. The van der Waals surface area contributed by atoms with E-state index in [4.69, 9.17) is 16.3 Å². The molecule has 2 fully saturated rings. The molecule has 7 rings (SSSR count). The van der Waals surface area contributed by atoms with E-state index in [-0.39, 0.29) is 17.4 Å². The van der Waals surface area contributed by atoms with Crippen molar-refractivity contribution in [1.82, 2.24) is 24.5 Å². The average Bonchev–Trinajstić information content (AvgIpc) is 3.26. The number of aryl methyl sites for hydroxylation is 1. The highest BCUT2D eigenvalue weighted by atomic mass is 35.5. The molecule has 1 aliphatic heterocycles. The lowest BCUT2D eigenvalue weighted by molar-refractivity contribution is -0.145. The van der Waals surface area contributed by atoms with Crippen LogP contribution in [0, 0.1) is 5.92 Å². The van der Waals surface area contributed by atoms with Crippen molar-refractivity contribution in [3.63, 3.8) is 0 Å². The molecule has 0 aromatic carbocycles. The third kappa shape index (κ3) is 3.37. The second-order valence-corrected chi connectivity index (χ2v) is 11.0. The van der Waals surface area contributed by atoms with Gasteiger partial charge in [0.2, 0.25) is 5.91 Å². The summed E-state index contributed by atoms with van der Waals surface area (Å²) in [7, 11) is 0. The van der Waals surface area contributed by atoms with Gasteiger partial charge in [-0.3, -0.25) is 4.79 Å². The van der Waals surface area contributed by atoms with Crippen LogP contribution in [0.25, 0.3) is 15.7 Å². The Morgan fingerprint density at radius 3 is 3.12 bits per heavy atom. The van der Waals surface area contributed by atoms with Crippen molar-refractivity contribution in [2.75, 3.05) is 25.0 Å². The topological polar surface area (TPSA) is 84.7 Å². The fourth-order valence-corrected chi connectivity index (χ4v) is 6.77. The summed E-state index contributed by atoms with van der Waals surface area (Å²) in [5, 5.41) is 9.27. The SMILES string of the molecule is O=C(C1CCc2c(sc3ncnc(Nc4cc5ccnn5cc4Cl)c23)C1)N1CCOC2(CC2)C1. The molecule has 4 aromatic rings. The van der Waals surface area contributed by atoms with E-state index in [2.05, 4.69) is 20.4 Å². The molecule has 34 heavy (non-hydrogen) atoms. The first kappa shape index (κ1) is 20.6. The number of aromatic nitrogens is 4. The van der Waals surface area contributed by atoms with Gasteiger partial charge in [-0.25, -0.2) is 14.5 Å².